The quantitative estimate of drug-likeness (QED) is 0.758. The van der Waals surface area contributed by atoms with Gasteiger partial charge in [0.05, 0.1) is 11.8 Å². The zero-order valence-electron chi connectivity index (χ0n) is 11.2. The fraction of sp³-hybridized carbons (Fsp3) is 0.500. The van der Waals surface area contributed by atoms with E-state index in [-0.39, 0.29) is 12.0 Å². The molecule has 0 saturated heterocycles. The van der Waals surface area contributed by atoms with Crippen molar-refractivity contribution in [2.24, 2.45) is 0 Å². The molecule has 0 fully saturated rings. The average Bonchev–Trinajstić information content (AvgIpc) is 2.31. The molecule has 4 nitrogen and oxygen atoms in total. The monoisotopic (exact) mass is 251 g/mol. The van der Waals surface area contributed by atoms with Crippen molar-refractivity contribution in [1.82, 2.24) is 0 Å². The Bertz CT molecular complexity index is 377. The minimum atomic E-state index is -0.0214. The van der Waals surface area contributed by atoms with Crippen LogP contribution in [0.2, 0.25) is 0 Å². The number of methoxy groups -OCH3 is 1. The van der Waals surface area contributed by atoms with E-state index in [0.717, 1.165) is 6.42 Å². The summed E-state index contributed by atoms with van der Waals surface area (Å²) in [5.74, 6) is 0.680. The maximum absolute atomic E-state index is 11.7. The normalized spacial score (nSPS) is 10.4. The number of nitrogens with one attached hydrogen (secondary N) is 1. The van der Waals surface area contributed by atoms with Gasteiger partial charge in [-0.3, -0.25) is 4.79 Å². The second kappa shape index (κ2) is 7.71. The lowest BCUT2D eigenvalue weighted by atomic mass is 10.2. The Hall–Kier alpha value is -1.55. The minimum Gasteiger partial charge on any atom is -0.489 e. The summed E-state index contributed by atoms with van der Waals surface area (Å²) in [5, 5.41) is 2.86. The summed E-state index contributed by atoms with van der Waals surface area (Å²) in [6, 6.07) is 7.45. The van der Waals surface area contributed by atoms with Crippen LogP contribution in [0.5, 0.6) is 5.75 Å². The molecule has 100 valence electrons. The number of benzene rings is 1. The van der Waals surface area contributed by atoms with Gasteiger partial charge in [0.1, 0.15) is 5.75 Å². The zero-order valence-corrected chi connectivity index (χ0v) is 11.2. The SMILES string of the molecule is COCCCC(=O)Nc1ccccc1OC(C)C. The number of hydrogen-bond acceptors (Lipinski definition) is 3. The molecule has 1 aromatic rings. The lowest BCUT2D eigenvalue weighted by molar-refractivity contribution is -0.116. The number of amides is 1. The highest BCUT2D eigenvalue weighted by Gasteiger charge is 2.08. The molecule has 18 heavy (non-hydrogen) atoms. The highest BCUT2D eigenvalue weighted by Crippen LogP contribution is 2.24. The largest absolute Gasteiger partial charge is 0.489 e. The van der Waals surface area contributed by atoms with Crippen LogP contribution in [0.15, 0.2) is 24.3 Å². The van der Waals surface area contributed by atoms with Crippen LogP contribution in [0.25, 0.3) is 0 Å². The number of hydrogen-bond donors (Lipinski definition) is 1. The van der Waals surface area contributed by atoms with E-state index in [1.54, 1.807) is 7.11 Å². The molecular formula is C14H21NO3. The molecule has 0 aliphatic heterocycles. The van der Waals surface area contributed by atoms with Crippen LogP contribution < -0.4 is 10.1 Å². The maximum atomic E-state index is 11.7. The number of rotatable bonds is 7. The van der Waals surface area contributed by atoms with Gasteiger partial charge in [-0.2, -0.15) is 0 Å². The Labute approximate surface area is 108 Å². The molecule has 0 atom stereocenters. The Morgan fingerprint density at radius 1 is 1.33 bits per heavy atom. The lowest BCUT2D eigenvalue weighted by Crippen LogP contribution is -2.14. The van der Waals surface area contributed by atoms with Crippen molar-refractivity contribution in [3.05, 3.63) is 24.3 Å². The average molecular weight is 251 g/mol. The van der Waals surface area contributed by atoms with Crippen molar-refractivity contribution in [1.29, 1.82) is 0 Å². The number of anilines is 1. The van der Waals surface area contributed by atoms with E-state index in [9.17, 15) is 4.79 Å². The summed E-state index contributed by atoms with van der Waals surface area (Å²) in [5.41, 5.74) is 0.716. The smallest absolute Gasteiger partial charge is 0.224 e. The van der Waals surface area contributed by atoms with E-state index in [4.69, 9.17) is 9.47 Å². The first-order valence-electron chi connectivity index (χ1n) is 6.18. The molecule has 1 amide bonds. The summed E-state index contributed by atoms with van der Waals surface area (Å²) >= 11 is 0. The van der Waals surface area contributed by atoms with Crippen LogP contribution in [-0.4, -0.2) is 25.7 Å². The maximum Gasteiger partial charge on any atom is 0.224 e. The van der Waals surface area contributed by atoms with E-state index in [0.29, 0.717) is 24.5 Å². The third-order valence-electron chi connectivity index (χ3n) is 2.28. The number of carbonyl (C=O) groups excluding carboxylic acids is 1. The van der Waals surface area contributed by atoms with Crippen molar-refractivity contribution >= 4 is 11.6 Å². The molecule has 0 saturated carbocycles. The molecule has 0 heterocycles. The number of carbonyl (C=O) groups is 1. The molecule has 0 aliphatic carbocycles. The molecule has 0 aromatic heterocycles. The second-order valence-corrected chi connectivity index (χ2v) is 4.31. The standard InChI is InChI=1S/C14H21NO3/c1-11(2)18-13-8-5-4-7-12(13)15-14(16)9-6-10-17-3/h4-5,7-8,11H,6,9-10H2,1-3H3,(H,15,16). The first-order valence-corrected chi connectivity index (χ1v) is 6.18. The van der Waals surface area contributed by atoms with E-state index >= 15 is 0 Å². The van der Waals surface area contributed by atoms with Gasteiger partial charge in [-0.1, -0.05) is 12.1 Å². The second-order valence-electron chi connectivity index (χ2n) is 4.31. The van der Waals surface area contributed by atoms with E-state index in [2.05, 4.69) is 5.32 Å². The number of ether oxygens (including phenoxy) is 2. The van der Waals surface area contributed by atoms with E-state index < -0.39 is 0 Å². The third-order valence-corrected chi connectivity index (χ3v) is 2.28. The van der Waals surface area contributed by atoms with Crippen LogP contribution in [0.4, 0.5) is 5.69 Å². The first-order chi connectivity index (χ1) is 8.63. The van der Waals surface area contributed by atoms with Crippen molar-refractivity contribution in [3.63, 3.8) is 0 Å². The molecular weight excluding hydrogens is 230 g/mol. The molecule has 1 rings (SSSR count). The Balaban J connectivity index is 2.57. The summed E-state index contributed by atoms with van der Waals surface area (Å²) in [6.45, 7) is 4.51. The molecule has 0 spiro atoms. The predicted octanol–water partition coefficient (Wildman–Crippen LogP) is 2.84. The molecule has 1 aromatic carbocycles. The van der Waals surface area contributed by atoms with Crippen molar-refractivity contribution in [2.75, 3.05) is 19.0 Å². The van der Waals surface area contributed by atoms with Gasteiger partial charge in [-0.25, -0.2) is 0 Å². The molecule has 1 N–H and O–H groups in total. The van der Waals surface area contributed by atoms with Crippen molar-refractivity contribution in [2.45, 2.75) is 32.8 Å². The highest BCUT2D eigenvalue weighted by atomic mass is 16.5. The van der Waals surface area contributed by atoms with E-state index in [1.807, 2.05) is 38.1 Å². The lowest BCUT2D eigenvalue weighted by Gasteiger charge is -2.14. The fourth-order valence-corrected chi connectivity index (χ4v) is 1.52. The highest BCUT2D eigenvalue weighted by molar-refractivity contribution is 5.92. The zero-order chi connectivity index (χ0) is 13.4. The van der Waals surface area contributed by atoms with Crippen molar-refractivity contribution < 1.29 is 14.3 Å². The van der Waals surface area contributed by atoms with E-state index in [1.165, 1.54) is 0 Å². The van der Waals surface area contributed by atoms with Crippen LogP contribution >= 0.6 is 0 Å². The Morgan fingerprint density at radius 3 is 2.72 bits per heavy atom. The Kier molecular flexibility index (Phi) is 6.22. The number of para-hydroxylation sites is 2. The van der Waals surface area contributed by atoms with Crippen molar-refractivity contribution in [3.8, 4) is 5.75 Å². The predicted molar refractivity (Wildman–Crippen MR) is 71.9 cm³/mol. The molecule has 0 unspecified atom stereocenters. The van der Waals surface area contributed by atoms with Gasteiger partial charge in [0.2, 0.25) is 5.91 Å². The van der Waals surface area contributed by atoms with Crippen LogP contribution in [0.3, 0.4) is 0 Å². The first kappa shape index (κ1) is 14.5. The molecule has 0 aliphatic rings. The van der Waals surface area contributed by atoms with Crippen LogP contribution in [0, 0.1) is 0 Å². The minimum absolute atomic E-state index is 0.0214. The van der Waals surface area contributed by atoms with Gasteiger partial charge in [-0.15, -0.1) is 0 Å². The topological polar surface area (TPSA) is 47.6 Å². The fourth-order valence-electron chi connectivity index (χ4n) is 1.52. The van der Waals surface area contributed by atoms with Crippen LogP contribution in [-0.2, 0) is 9.53 Å². The summed E-state index contributed by atoms with van der Waals surface area (Å²) in [6.07, 6.45) is 1.25. The van der Waals surface area contributed by atoms with Gasteiger partial charge in [-0.05, 0) is 32.4 Å². The van der Waals surface area contributed by atoms with Gasteiger partial charge in [0.15, 0.2) is 0 Å². The Morgan fingerprint density at radius 2 is 2.06 bits per heavy atom. The summed E-state index contributed by atoms with van der Waals surface area (Å²) < 4.78 is 10.5. The summed E-state index contributed by atoms with van der Waals surface area (Å²) in [4.78, 5) is 11.7. The summed E-state index contributed by atoms with van der Waals surface area (Å²) in [7, 11) is 1.63. The van der Waals surface area contributed by atoms with Gasteiger partial charge >= 0.3 is 0 Å². The third kappa shape index (κ3) is 5.19. The van der Waals surface area contributed by atoms with Gasteiger partial charge in [0, 0.05) is 20.1 Å². The molecule has 0 bridgehead atoms. The van der Waals surface area contributed by atoms with Gasteiger partial charge < -0.3 is 14.8 Å². The molecule has 0 radical (unpaired) electrons. The van der Waals surface area contributed by atoms with Crippen LogP contribution in [0.1, 0.15) is 26.7 Å². The van der Waals surface area contributed by atoms with Gasteiger partial charge in [0.25, 0.3) is 0 Å². The molecule has 4 heteroatoms.